The first-order valence-corrected chi connectivity index (χ1v) is 7.81. The van der Waals surface area contributed by atoms with E-state index in [2.05, 4.69) is 0 Å². The Bertz CT molecular complexity index is 1040. The summed E-state index contributed by atoms with van der Waals surface area (Å²) in [4.78, 5) is 24.0. The number of rotatable bonds is 3. The molecule has 0 bridgehead atoms. The Morgan fingerprint density at radius 3 is 2.58 bits per heavy atom. The van der Waals surface area contributed by atoms with Crippen LogP contribution < -0.4 is 5.56 Å². The number of aryl methyl sites for hydroxylation is 1. The zero-order valence-corrected chi connectivity index (χ0v) is 13.4. The van der Waals surface area contributed by atoms with E-state index < -0.39 is 5.82 Å². The predicted octanol–water partition coefficient (Wildman–Crippen LogP) is 3.60. The molecule has 24 heavy (non-hydrogen) atoms. The first-order valence-electron chi connectivity index (χ1n) is 6.99. The van der Waals surface area contributed by atoms with Crippen LogP contribution in [0.25, 0.3) is 21.6 Å². The summed E-state index contributed by atoms with van der Waals surface area (Å²) in [7, 11) is 1.64. The van der Waals surface area contributed by atoms with Crippen LogP contribution in [0.15, 0.2) is 47.4 Å². The van der Waals surface area contributed by atoms with Gasteiger partial charge in [0.15, 0.2) is 6.29 Å². The van der Waals surface area contributed by atoms with Gasteiger partial charge < -0.3 is 4.57 Å². The number of carbonyl (C=O) groups excluding carboxylic acids is 1. The van der Waals surface area contributed by atoms with Crippen LogP contribution in [0.5, 0.6) is 0 Å². The second kappa shape index (κ2) is 6.22. The van der Waals surface area contributed by atoms with E-state index in [9.17, 15) is 14.0 Å². The fourth-order valence-electron chi connectivity index (χ4n) is 2.40. The van der Waals surface area contributed by atoms with Crippen molar-refractivity contribution >= 4 is 17.6 Å². The zero-order valence-electron chi connectivity index (χ0n) is 12.6. The predicted molar refractivity (Wildman–Crippen MR) is 90.5 cm³/mol. The Hall–Kier alpha value is -3.04. The Balaban J connectivity index is 2.21. The van der Waals surface area contributed by atoms with Gasteiger partial charge >= 0.3 is 0 Å². The van der Waals surface area contributed by atoms with Crippen LogP contribution in [0, 0.1) is 17.1 Å². The highest BCUT2D eigenvalue weighted by Crippen LogP contribution is 2.39. The van der Waals surface area contributed by atoms with Gasteiger partial charge in [-0.05, 0) is 29.8 Å². The van der Waals surface area contributed by atoms with Gasteiger partial charge in [0.05, 0.1) is 10.4 Å². The lowest BCUT2D eigenvalue weighted by atomic mass is 10.0. The standard InChI is InChI=1S/C18H11FN2O2S/c1-21-9-13(4-5-17(21)23)18-15(7-14(10-22)24-18)11-2-3-12(8-20)16(19)6-11/h2-7,9-10H,1H3. The van der Waals surface area contributed by atoms with Crippen LogP contribution in [0.2, 0.25) is 0 Å². The average molecular weight is 338 g/mol. The second-order valence-electron chi connectivity index (χ2n) is 5.18. The van der Waals surface area contributed by atoms with Crippen LogP contribution >= 0.6 is 11.3 Å². The highest BCUT2D eigenvalue weighted by Gasteiger charge is 2.15. The van der Waals surface area contributed by atoms with Crippen molar-refractivity contribution in [1.82, 2.24) is 4.57 Å². The van der Waals surface area contributed by atoms with E-state index in [1.54, 1.807) is 37.5 Å². The van der Waals surface area contributed by atoms with Gasteiger partial charge in [-0.3, -0.25) is 9.59 Å². The summed E-state index contributed by atoms with van der Waals surface area (Å²) in [5.41, 5.74) is 1.84. The van der Waals surface area contributed by atoms with Gasteiger partial charge in [-0.25, -0.2) is 4.39 Å². The number of carbonyl (C=O) groups is 1. The lowest BCUT2D eigenvalue weighted by Gasteiger charge is -2.06. The summed E-state index contributed by atoms with van der Waals surface area (Å²) in [6.45, 7) is 0. The maximum atomic E-state index is 13.9. The molecule has 0 fully saturated rings. The third-order valence-electron chi connectivity index (χ3n) is 3.62. The van der Waals surface area contributed by atoms with Gasteiger partial charge in [0.25, 0.3) is 0 Å². The number of hydrogen-bond donors (Lipinski definition) is 0. The van der Waals surface area contributed by atoms with Gasteiger partial charge in [0, 0.05) is 35.3 Å². The maximum absolute atomic E-state index is 13.9. The third-order valence-corrected chi connectivity index (χ3v) is 4.73. The Morgan fingerprint density at radius 1 is 1.21 bits per heavy atom. The Kier molecular flexibility index (Phi) is 4.11. The zero-order chi connectivity index (χ0) is 17.3. The lowest BCUT2D eigenvalue weighted by Crippen LogP contribution is -2.13. The number of halogens is 1. The van der Waals surface area contributed by atoms with E-state index >= 15 is 0 Å². The number of aldehydes is 1. The van der Waals surface area contributed by atoms with Gasteiger partial charge in [0.2, 0.25) is 5.56 Å². The summed E-state index contributed by atoms with van der Waals surface area (Å²) < 4.78 is 15.4. The quantitative estimate of drug-likeness (QED) is 0.686. The molecule has 4 nitrogen and oxygen atoms in total. The molecule has 3 aromatic rings. The molecule has 0 unspecified atom stereocenters. The minimum Gasteiger partial charge on any atom is -0.318 e. The van der Waals surface area contributed by atoms with E-state index in [0.29, 0.717) is 16.0 Å². The fourth-order valence-corrected chi connectivity index (χ4v) is 3.38. The van der Waals surface area contributed by atoms with E-state index in [4.69, 9.17) is 5.26 Å². The summed E-state index contributed by atoms with van der Waals surface area (Å²) in [6, 6.07) is 10.9. The van der Waals surface area contributed by atoms with Gasteiger partial charge in [-0.15, -0.1) is 11.3 Å². The average Bonchev–Trinajstić information content (AvgIpc) is 3.01. The molecule has 0 aliphatic rings. The monoisotopic (exact) mass is 338 g/mol. The van der Waals surface area contributed by atoms with Crippen molar-refractivity contribution in [2.45, 2.75) is 0 Å². The van der Waals surface area contributed by atoms with Crippen molar-refractivity contribution in [3.8, 4) is 27.6 Å². The molecular weight excluding hydrogens is 327 g/mol. The molecule has 6 heteroatoms. The van der Waals surface area contributed by atoms with Crippen LogP contribution in [0.4, 0.5) is 4.39 Å². The number of aromatic nitrogens is 1. The second-order valence-corrected chi connectivity index (χ2v) is 6.27. The summed E-state index contributed by atoms with van der Waals surface area (Å²) in [6.07, 6.45) is 2.41. The highest BCUT2D eigenvalue weighted by atomic mass is 32.1. The Labute approximate surface area is 141 Å². The van der Waals surface area contributed by atoms with Crippen LogP contribution in [-0.4, -0.2) is 10.9 Å². The summed E-state index contributed by atoms with van der Waals surface area (Å²) in [5, 5.41) is 8.84. The molecule has 0 amide bonds. The summed E-state index contributed by atoms with van der Waals surface area (Å²) >= 11 is 1.27. The minimum absolute atomic E-state index is 0.0340. The molecule has 2 heterocycles. The fraction of sp³-hybridized carbons (Fsp3) is 0.0556. The Morgan fingerprint density at radius 2 is 1.96 bits per heavy atom. The molecule has 0 aliphatic heterocycles. The minimum atomic E-state index is -0.611. The van der Waals surface area contributed by atoms with Crippen molar-refractivity contribution < 1.29 is 9.18 Å². The lowest BCUT2D eigenvalue weighted by molar-refractivity contribution is 0.112. The number of thiophene rings is 1. The molecule has 0 N–H and O–H groups in total. The molecule has 0 aliphatic carbocycles. The maximum Gasteiger partial charge on any atom is 0.250 e. The number of benzene rings is 1. The van der Waals surface area contributed by atoms with E-state index in [0.717, 1.165) is 16.7 Å². The number of nitriles is 1. The van der Waals surface area contributed by atoms with Crippen molar-refractivity contribution in [3.63, 3.8) is 0 Å². The van der Waals surface area contributed by atoms with Crippen molar-refractivity contribution in [1.29, 1.82) is 5.26 Å². The van der Waals surface area contributed by atoms with Gasteiger partial charge in [-0.2, -0.15) is 5.26 Å². The van der Waals surface area contributed by atoms with Crippen LogP contribution in [0.3, 0.4) is 0 Å². The molecule has 3 rings (SSSR count). The number of nitrogens with zero attached hydrogens (tertiary/aromatic N) is 2. The molecule has 0 saturated heterocycles. The molecular formula is C18H11FN2O2S. The largest absolute Gasteiger partial charge is 0.318 e. The van der Waals surface area contributed by atoms with Crippen molar-refractivity contribution in [2.24, 2.45) is 7.05 Å². The van der Waals surface area contributed by atoms with Gasteiger partial charge in [-0.1, -0.05) is 6.07 Å². The van der Waals surface area contributed by atoms with E-state index in [1.807, 2.05) is 0 Å². The van der Waals surface area contributed by atoms with Crippen LogP contribution in [-0.2, 0) is 7.05 Å². The van der Waals surface area contributed by atoms with Crippen LogP contribution in [0.1, 0.15) is 15.2 Å². The molecule has 118 valence electrons. The molecule has 0 spiro atoms. The van der Waals surface area contributed by atoms with Gasteiger partial charge in [0.1, 0.15) is 11.9 Å². The topological polar surface area (TPSA) is 62.9 Å². The first-order chi connectivity index (χ1) is 11.5. The number of hydrogen-bond acceptors (Lipinski definition) is 4. The molecule has 2 aromatic heterocycles. The SMILES string of the molecule is Cn1cc(-c2sc(C=O)cc2-c2ccc(C#N)c(F)c2)ccc1=O. The first kappa shape index (κ1) is 15.8. The van der Waals surface area contributed by atoms with Crippen molar-refractivity contribution in [3.05, 3.63) is 69.2 Å². The molecule has 1 aromatic carbocycles. The summed E-state index contributed by atoms with van der Waals surface area (Å²) in [5.74, 6) is -0.611. The third kappa shape index (κ3) is 2.77. The smallest absolute Gasteiger partial charge is 0.250 e. The normalized spacial score (nSPS) is 10.4. The van der Waals surface area contributed by atoms with E-state index in [-0.39, 0.29) is 11.1 Å². The van der Waals surface area contributed by atoms with E-state index in [1.165, 1.54) is 34.1 Å². The molecule has 0 atom stereocenters. The van der Waals surface area contributed by atoms with Crippen molar-refractivity contribution in [2.75, 3.05) is 0 Å². The molecule has 0 saturated carbocycles. The molecule has 0 radical (unpaired) electrons. The highest BCUT2D eigenvalue weighted by molar-refractivity contribution is 7.17. The number of pyridine rings is 1.